The summed E-state index contributed by atoms with van der Waals surface area (Å²) in [6.07, 6.45) is 7.26. The zero-order valence-corrected chi connectivity index (χ0v) is 10.5. The van der Waals surface area contributed by atoms with Gasteiger partial charge < -0.3 is 10.3 Å². The monoisotopic (exact) mass is 240 g/mol. The molecule has 1 unspecified atom stereocenters. The molecule has 1 aromatic heterocycles. The molecule has 3 heteroatoms. The summed E-state index contributed by atoms with van der Waals surface area (Å²) in [6.45, 7) is 3.97. The maximum Gasteiger partial charge on any atom is 0.252 e. The maximum atomic E-state index is 12.1. The zero-order valence-electron chi connectivity index (χ0n) is 10.5. The van der Waals surface area contributed by atoms with Crippen LogP contribution < -0.4 is 5.32 Å². The van der Waals surface area contributed by atoms with E-state index in [1.54, 1.807) is 6.07 Å². The number of terminal acetylenes is 1. The number of hydrogen-bond donors (Lipinski definition) is 2. The van der Waals surface area contributed by atoms with Crippen LogP contribution in [0.25, 0.3) is 10.9 Å². The van der Waals surface area contributed by atoms with E-state index < -0.39 is 0 Å². The number of nitrogens with one attached hydrogen (secondary N) is 2. The normalized spacial score (nSPS) is 12.3. The van der Waals surface area contributed by atoms with Crippen LogP contribution in [0.3, 0.4) is 0 Å². The molecule has 0 saturated carbocycles. The molecule has 0 aliphatic heterocycles. The van der Waals surface area contributed by atoms with Crippen LogP contribution in [-0.4, -0.2) is 16.9 Å². The minimum Gasteiger partial charge on any atom is -0.361 e. The smallest absolute Gasteiger partial charge is 0.252 e. The molecule has 1 amide bonds. The number of carbonyl (C=O) groups is 1. The number of H-pyrrole nitrogens is 1. The van der Waals surface area contributed by atoms with Gasteiger partial charge in [0.15, 0.2) is 0 Å². The van der Waals surface area contributed by atoms with Crippen LogP contribution in [-0.2, 0) is 0 Å². The highest BCUT2D eigenvalue weighted by Crippen LogP contribution is 2.14. The fourth-order valence-corrected chi connectivity index (χ4v) is 1.81. The van der Waals surface area contributed by atoms with E-state index in [4.69, 9.17) is 6.42 Å². The van der Waals surface area contributed by atoms with Gasteiger partial charge in [-0.2, -0.15) is 0 Å². The number of amides is 1. The van der Waals surface area contributed by atoms with E-state index in [1.807, 2.05) is 38.2 Å². The van der Waals surface area contributed by atoms with Crippen molar-refractivity contribution in [3.63, 3.8) is 0 Å². The van der Waals surface area contributed by atoms with Crippen LogP contribution in [0, 0.1) is 18.3 Å². The Morgan fingerprint density at radius 3 is 2.83 bits per heavy atom. The van der Waals surface area contributed by atoms with Crippen LogP contribution in [0.1, 0.15) is 24.2 Å². The first-order valence-electron chi connectivity index (χ1n) is 5.96. The van der Waals surface area contributed by atoms with E-state index in [9.17, 15) is 4.79 Å². The lowest BCUT2D eigenvalue weighted by atomic mass is 10.0. The second kappa shape index (κ2) is 4.97. The summed E-state index contributed by atoms with van der Waals surface area (Å²) >= 11 is 0. The van der Waals surface area contributed by atoms with Gasteiger partial charge in [-0.1, -0.05) is 25.8 Å². The average Bonchev–Trinajstić information content (AvgIpc) is 2.82. The van der Waals surface area contributed by atoms with Gasteiger partial charge in [-0.25, -0.2) is 0 Å². The molecule has 2 N–H and O–H groups in total. The Morgan fingerprint density at radius 2 is 2.17 bits per heavy atom. The van der Waals surface area contributed by atoms with Gasteiger partial charge >= 0.3 is 0 Å². The zero-order chi connectivity index (χ0) is 13.1. The third-order valence-electron chi connectivity index (χ3n) is 2.95. The van der Waals surface area contributed by atoms with Crippen LogP contribution in [0.5, 0.6) is 0 Å². The van der Waals surface area contributed by atoms with E-state index in [0.29, 0.717) is 5.56 Å². The van der Waals surface area contributed by atoms with Gasteiger partial charge in [-0.15, -0.1) is 6.42 Å². The van der Waals surface area contributed by atoms with Crippen molar-refractivity contribution in [3.8, 4) is 12.3 Å². The van der Waals surface area contributed by atoms with E-state index in [2.05, 4.69) is 16.2 Å². The Balaban J connectivity index is 2.20. The van der Waals surface area contributed by atoms with Crippen LogP contribution in [0.2, 0.25) is 0 Å². The maximum absolute atomic E-state index is 12.1. The highest BCUT2D eigenvalue weighted by molar-refractivity contribution is 5.98. The molecule has 92 valence electrons. The molecule has 2 aromatic rings. The number of carbonyl (C=O) groups excluding carboxylic acids is 1. The summed E-state index contributed by atoms with van der Waals surface area (Å²) in [5.41, 5.74) is 1.57. The van der Waals surface area contributed by atoms with Crippen molar-refractivity contribution in [2.24, 2.45) is 5.92 Å². The average molecular weight is 240 g/mol. The van der Waals surface area contributed by atoms with Crippen LogP contribution in [0.4, 0.5) is 0 Å². The standard InChI is InChI=1S/C15H16N2O/c1-4-13(10(2)3)17-15(18)12-6-5-11-7-8-16-14(11)9-12/h1,5-10,13,16H,2-3H3,(H,17,18). The molecule has 1 heterocycles. The summed E-state index contributed by atoms with van der Waals surface area (Å²) in [5, 5.41) is 3.94. The lowest BCUT2D eigenvalue weighted by Gasteiger charge is -2.16. The van der Waals surface area contributed by atoms with Gasteiger partial charge in [0.1, 0.15) is 0 Å². The molecule has 2 rings (SSSR count). The van der Waals surface area contributed by atoms with Gasteiger partial charge in [0, 0.05) is 17.3 Å². The van der Waals surface area contributed by atoms with Crippen molar-refractivity contribution >= 4 is 16.8 Å². The summed E-state index contributed by atoms with van der Waals surface area (Å²) in [7, 11) is 0. The van der Waals surface area contributed by atoms with Crippen molar-refractivity contribution in [1.29, 1.82) is 0 Å². The molecule has 18 heavy (non-hydrogen) atoms. The van der Waals surface area contributed by atoms with Crippen molar-refractivity contribution in [3.05, 3.63) is 36.0 Å². The third-order valence-corrected chi connectivity index (χ3v) is 2.95. The quantitative estimate of drug-likeness (QED) is 0.796. The highest BCUT2D eigenvalue weighted by atomic mass is 16.1. The minimum atomic E-state index is -0.239. The van der Waals surface area contributed by atoms with E-state index in [0.717, 1.165) is 10.9 Å². The molecule has 1 atom stereocenters. The van der Waals surface area contributed by atoms with Crippen LogP contribution in [0.15, 0.2) is 30.5 Å². The molecule has 0 spiro atoms. The van der Waals surface area contributed by atoms with Gasteiger partial charge in [0.25, 0.3) is 5.91 Å². The Kier molecular flexibility index (Phi) is 3.38. The lowest BCUT2D eigenvalue weighted by molar-refractivity contribution is 0.0938. The number of benzene rings is 1. The predicted octanol–water partition coefficient (Wildman–Crippen LogP) is 2.56. The summed E-state index contributed by atoms with van der Waals surface area (Å²) in [5.74, 6) is 2.67. The molecular formula is C15H16N2O. The largest absolute Gasteiger partial charge is 0.361 e. The first-order valence-corrected chi connectivity index (χ1v) is 5.96. The molecular weight excluding hydrogens is 224 g/mol. The van der Waals surface area contributed by atoms with Gasteiger partial charge in [0.05, 0.1) is 6.04 Å². The van der Waals surface area contributed by atoms with Crippen molar-refractivity contribution in [2.45, 2.75) is 19.9 Å². The molecule has 0 radical (unpaired) electrons. The Hall–Kier alpha value is -2.21. The Bertz CT molecular complexity index is 604. The lowest BCUT2D eigenvalue weighted by Crippen LogP contribution is -2.37. The number of hydrogen-bond acceptors (Lipinski definition) is 1. The van der Waals surface area contributed by atoms with Crippen molar-refractivity contribution < 1.29 is 4.79 Å². The van der Waals surface area contributed by atoms with E-state index in [1.165, 1.54) is 0 Å². The molecule has 1 aromatic carbocycles. The predicted molar refractivity (Wildman–Crippen MR) is 73.2 cm³/mol. The SMILES string of the molecule is C#CC(NC(=O)c1ccc2cc[nH]c2c1)C(C)C. The van der Waals surface area contributed by atoms with Gasteiger partial charge in [0.2, 0.25) is 0 Å². The molecule has 0 aliphatic carbocycles. The highest BCUT2D eigenvalue weighted by Gasteiger charge is 2.14. The van der Waals surface area contributed by atoms with Crippen LogP contribution >= 0.6 is 0 Å². The summed E-state index contributed by atoms with van der Waals surface area (Å²) in [6, 6.07) is 7.28. The Labute approximate surface area is 107 Å². The number of aromatic nitrogens is 1. The molecule has 0 saturated heterocycles. The third kappa shape index (κ3) is 2.38. The second-order valence-electron chi connectivity index (χ2n) is 4.64. The summed E-state index contributed by atoms with van der Waals surface area (Å²) in [4.78, 5) is 15.1. The van der Waals surface area contributed by atoms with Crippen molar-refractivity contribution in [2.75, 3.05) is 0 Å². The molecule has 0 bridgehead atoms. The first-order chi connectivity index (χ1) is 8.61. The van der Waals surface area contributed by atoms with Gasteiger partial charge in [-0.3, -0.25) is 4.79 Å². The Morgan fingerprint density at radius 1 is 1.39 bits per heavy atom. The fraction of sp³-hybridized carbons (Fsp3) is 0.267. The topological polar surface area (TPSA) is 44.9 Å². The number of rotatable bonds is 3. The first kappa shape index (κ1) is 12.3. The second-order valence-corrected chi connectivity index (χ2v) is 4.64. The molecule has 0 aliphatic rings. The fourth-order valence-electron chi connectivity index (χ4n) is 1.81. The van der Waals surface area contributed by atoms with E-state index in [-0.39, 0.29) is 17.9 Å². The number of aromatic amines is 1. The van der Waals surface area contributed by atoms with E-state index >= 15 is 0 Å². The minimum absolute atomic E-state index is 0.136. The van der Waals surface area contributed by atoms with Crippen molar-refractivity contribution in [1.82, 2.24) is 10.3 Å². The van der Waals surface area contributed by atoms with Gasteiger partial charge in [-0.05, 0) is 29.5 Å². The summed E-state index contributed by atoms with van der Waals surface area (Å²) < 4.78 is 0. The molecule has 3 nitrogen and oxygen atoms in total. The molecule has 0 fully saturated rings. The number of fused-ring (bicyclic) bond motifs is 1.